The molecule has 0 aliphatic carbocycles. The molecule has 108 valence electrons. The standard InChI is InChI=1S/C16H15NO4/c17-16(20)13-5-2-6-14(9-13)21-10-12-4-1-3-11(7-12)8-15(18)19/h1-7,9H,8,10H2,(H2,17,20)(H,18,19). The summed E-state index contributed by atoms with van der Waals surface area (Å²) >= 11 is 0. The summed E-state index contributed by atoms with van der Waals surface area (Å²) in [5.74, 6) is -0.846. The van der Waals surface area contributed by atoms with Gasteiger partial charge in [0.2, 0.25) is 5.91 Å². The zero-order valence-corrected chi connectivity index (χ0v) is 11.3. The van der Waals surface area contributed by atoms with E-state index in [1.807, 2.05) is 6.07 Å². The molecule has 5 heteroatoms. The molecule has 1 amide bonds. The minimum absolute atomic E-state index is 0.0228. The van der Waals surface area contributed by atoms with Crippen LogP contribution in [-0.4, -0.2) is 17.0 Å². The number of amides is 1. The molecule has 0 aromatic heterocycles. The number of carboxylic acid groups (broad SMARTS) is 1. The number of hydrogen-bond acceptors (Lipinski definition) is 3. The van der Waals surface area contributed by atoms with Crippen LogP contribution in [-0.2, 0) is 17.8 Å². The maximum Gasteiger partial charge on any atom is 0.307 e. The fourth-order valence-corrected chi connectivity index (χ4v) is 1.91. The Kier molecular flexibility index (Phi) is 4.56. The molecule has 0 atom stereocenters. The number of carbonyl (C=O) groups is 2. The Bertz CT molecular complexity index is 667. The van der Waals surface area contributed by atoms with Crippen LogP contribution in [0.25, 0.3) is 0 Å². The third-order valence-electron chi connectivity index (χ3n) is 2.87. The van der Waals surface area contributed by atoms with E-state index in [2.05, 4.69) is 0 Å². The molecule has 0 saturated heterocycles. The lowest BCUT2D eigenvalue weighted by Crippen LogP contribution is -2.10. The van der Waals surface area contributed by atoms with E-state index in [4.69, 9.17) is 15.6 Å². The second-order valence-corrected chi connectivity index (χ2v) is 4.57. The quantitative estimate of drug-likeness (QED) is 0.849. The first-order valence-corrected chi connectivity index (χ1v) is 6.37. The van der Waals surface area contributed by atoms with Crippen molar-refractivity contribution in [2.45, 2.75) is 13.0 Å². The smallest absolute Gasteiger partial charge is 0.307 e. The second kappa shape index (κ2) is 6.56. The number of hydrogen-bond donors (Lipinski definition) is 2. The molecule has 0 bridgehead atoms. The lowest BCUT2D eigenvalue weighted by atomic mass is 10.1. The maximum atomic E-state index is 11.1. The van der Waals surface area contributed by atoms with Crippen LogP contribution >= 0.6 is 0 Å². The summed E-state index contributed by atoms with van der Waals surface area (Å²) in [6.45, 7) is 0.287. The molecular formula is C16H15NO4. The van der Waals surface area contributed by atoms with Crippen molar-refractivity contribution in [3.8, 4) is 5.75 Å². The maximum absolute atomic E-state index is 11.1. The summed E-state index contributed by atoms with van der Waals surface area (Å²) in [6, 6.07) is 13.8. The normalized spacial score (nSPS) is 10.1. The monoisotopic (exact) mass is 285 g/mol. The number of aliphatic carboxylic acids is 1. The van der Waals surface area contributed by atoms with E-state index < -0.39 is 11.9 Å². The van der Waals surface area contributed by atoms with Crippen molar-refractivity contribution in [3.63, 3.8) is 0 Å². The molecular weight excluding hydrogens is 270 g/mol. The summed E-state index contributed by atoms with van der Waals surface area (Å²) in [5, 5.41) is 8.77. The van der Waals surface area contributed by atoms with E-state index in [1.54, 1.807) is 42.5 Å². The van der Waals surface area contributed by atoms with Gasteiger partial charge in [0.25, 0.3) is 0 Å². The Labute approximate surface area is 122 Å². The highest BCUT2D eigenvalue weighted by molar-refractivity contribution is 5.93. The van der Waals surface area contributed by atoms with Gasteiger partial charge in [0.1, 0.15) is 12.4 Å². The van der Waals surface area contributed by atoms with Crippen LogP contribution in [0.1, 0.15) is 21.5 Å². The number of benzene rings is 2. The van der Waals surface area contributed by atoms with Gasteiger partial charge < -0.3 is 15.6 Å². The lowest BCUT2D eigenvalue weighted by molar-refractivity contribution is -0.136. The molecule has 0 fully saturated rings. The van der Waals surface area contributed by atoms with E-state index in [1.165, 1.54) is 0 Å². The van der Waals surface area contributed by atoms with Crippen molar-refractivity contribution in [2.75, 3.05) is 0 Å². The van der Waals surface area contributed by atoms with Gasteiger partial charge in [-0.3, -0.25) is 9.59 Å². The first-order valence-electron chi connectivity index (χ1n) is 6.37. The third-order valence-corrected chi connectivity index (χ3v) is 2.87. The second-order valence-electron chi connectivity index (χ2n) is 4.57. The Hall–Kier alpha value is -2.82. The molecule has 2 aromatic carbocycles. The molecule has 21 heavy (non-hydrogen) atoms. The van der Waals surface area contributed by atoms with Crippen LogP contribution in [0.3, 0.4) is 0 Å². The highest BCUT2D eigenvalue weighted by atomic mass is 16.5. The molecule has 0 unspecified atom stereocenters. The van der Waals surface area contributed by atoms with E-state index in [0.29, 0.717) is 11.3 Å². The molecule has 0 spiro atoms. The van der Waals surface area contributed by atoms with Gasteiger partial charge in [-0.25, -0.2) is 0 Å². The van der Waals surface area contributed by atoms with Crippen LogP contribution in [0.15, 0.2) is 48.5 Å². The van der Waals surface area contributed by atoms with Crippen LogP contribution in [0.4, 0.5) is 0 Å². The van der Waals surface area contributed by atoms with Gasteiger partial charge in [0.15, 0.2) is 0 Å². The fourth-order valence-electron chi connectivity index (χ4n) is 1.91. The Morgan fingerprint density at radius 1 is 1.05 bits per heavy atom. The third kappa shape index (κ3) is 4.35. The summed E-state index contributed by atoms with van der Waals surface area (Å²) < 4.78 is 5.59. The molecule has 2 aromatic rings. The van der Waals surface area contributed by atoms with E-state index in [9.17, 15) is 9.59 Å². The van der Waals surface area contributed by atoms with Crippen molar-refractivity contribution in [3.05, 3.63) is 65.2 Å². The number of carboxylic acids is 1. The SMILES string of the molecule is NC(=O)c1cccc(OCc2cccc(CC(=O)O)c2)c1. The molecule has 0 aliphatic heterocycles. The molecule has 2 rings (SSSR count). The topological polar surface area (TPSA) is 89.6 Å². The lowest BCUT2D eigenvalue weighted by Gasteiger charge is -2.08. The van der Waals surface area contributed by atoms with Crippen molar-refractivity contribution in [1.29, 1.82) is 0 Å². The number of rotatable bonds is 6. The van der Waals surface area contributed by atoms with Crippen molar-refractivity contribution >= 4 is 11.9 Å². The van der Waals surface area contributed by atoms with Crippen molar-refractivity contribution < 1.29 is 19.4 Å². The van der Waals surface area contributed by atoms with E-state index in [0.717, 1.165) is 11.1 Å². The van der Waals surface area contributed by atoms with Crippen LogP contribution in [0.5, 0.6) is 5.75 Å². The summed E-state index contributed by atoms with van der Waals surface area (Å²) in [5.41, 5.74) is 7.16. The molecule has 0 heterocycles. The van der Waals surface area contributed by atoms with Gasteiger partial charge in [-0.2, -0.15) is 0 Å². The highest BCUT2D eigenvalue weighted by Crippen LogP contribution is 2.15. The number of ether oxygens (including phenoxy) is 1. The zero-order chi connectivity index (χ0) is 15.2. The minimum atomic E-state index is -0.873. The summed E-state index contributed by atoms with van der Waals surface area (Å²) in [4.78, 5) is 21.8. The average Bonchev–Trinajstić information content (AvgIpc) is 2.45. The van der Waals surface area contributed by atoms with Crippen LogP contribution in [0.2, 0.25) is 0 Å². The highest BCUT2D eigenvalue weighted by Gasteiger charge is 2.04. The number of nitrogens with two attached hydrogens (primary N) is 1. The predicted molar refractivity (Wildman–Crippen MR) is 77.1 cm³/mol. The number of carbonyl (C=O) groups excluding carboxylic acids is 1. The largest absolute Gasteiger partial charge is 0.489 e. The van der Waals surface area contributed by atoms with Gasteiger partial charge in [0, 0.05) is 5.56 Å². The number of primary amides is 1. The molecule has 0 radical (unpaired) electrons. The van der Waals surface area contributed by atoms with E-state index in [-0.39, 0.29) is 13.0 Å². The van der Waals surface area contributed by atoms with Crippen molar-refractivity contribution in [1.82, 2.24) is 0 Å². The summed E-state index contributed by atoms with van der Waals surface area (Å²) in [6.07, 6.45) is -0.0228. The Morgan fingerprint density at radius 3 is 2.48 bits per heavy atom. The molecule has 0 saturated carbocycles. The van der Waals surface area contributed by atoms with Gasteiger partial charge in [-0.1, -0.05) is 30.3 Å². The summed E-state index contributed by atoms with van der Waals surface area (Å²) in [7, 11) is 0. The van der Waals surface area contributed by atoms with Gasteiger partial charge >= 0.3 is 5.97 Å². The van der Waals surface area contributed by atoms with Crippen molar-refractivity contribution in [2.24, 2.45) is 5.73 Å². The molecule has 3 N–H and O–H groups in total. The molecule has 0 aliphatic rings. The average molecular weight is 285 g/mol. The van der Waals surface area contributed by atoms with Crippen LogP contribution < -0.4 is 10.5 Å². The zero-order valence-electron chi connectivity index (χ0n) is 11.3. The Morgan fingerprint density at radius 2 is 1.76 bits per heavy atom. The van der Waals surface area contributed by atoms with Gasteiger partial charge in [-0.15, -0.1) is 0 Å². The van der Waals surface area contributed by atoms with E-state index >= 15 is 0 Å². The minimum Gasteiger partial charge on any atom is -0.489 e. The molecule has 5 nitrogen and oxygen atoms in total. The Balaban J connectivity index is 2.04. The van der Waals surface area contributed by atoms with Gasteiger partial charge in [0.05, 0.1) is 6.42 Å². The van der Waals surface area contributed by atoms with Crippen LogP contribution in [0, 0.1) is 0 Å². The first-order chi connectivity index (χ1) is 10.0. The first kappa shape index (κ1) is 14.6. The fraction of sp³-hybridized carbons (Fsp3) is 0.125. The predicted octanol–water partition coefficient (Wildman–Crippen LogP) is 1.99. The van der Waals surface area contributed by atoms with Gasteiger partial charge in [-0.05, 0) is 29.3 Å².